The molecule has 0 fully saturated rings. The van der Waals surface area contributed by atoms with Gasteiger partial charge in [-0.05, 0) is 59.5 Å². The molecule has 7 heteroatoms. The average molecular weight is 455 g/mol. The molecule has 3 aromatic rings. The van der Waals surface area contributed by atoms with Gasteiger partial charge in [-0.2, -0.15) is 0 Å². The first-order valence-corrected chi connectivity index (χ1v) is 10.4. The number of nitrogens with one attached hydrogen (secondary N) is 2. The number of ether oxygens (including phenoxy) is 1. The zero-order chi connectivity index (χ0) is 23.3. The molecule has 0 unspecified atom stereocenters. The van der Waals surface area contributed by atoms with Gasteiger partial charge in [0.05, 0.1) is 5.02 Å². The summed E-state index contributed by atoms with van der Waals surface area (Å²) >= 11 is 5.74. The molecule has 3 aromatic carbocycles. The highest BCUT2D eigenvalue weighted by atomic mass is 35.5. The van der Waals surface area contributed by atoms with Crippen LogP contribution in [-0.2, 0) is 10.2 Å². The Morgan fingerprint density at radius 1 is 0.938 bits per heavy atom. The Morgan fingerprint density at radius 2 is 1.62 bits per heavy atom. The fourth-order valence-electron chi connectivity index (χ4n) is 2.91. The van der Waals surface area contributed by atoms with Crippen molar-refractivity contribution in [2.24, 2.45) is 0 Å². The lowest BCUT2D eigenvalue weighted by molar-refractivity contribution is -0.118. The van der Waals surface area contributed by atoms with E-state index >= 15 is 0 Å². The van der Waals surface area contributed by atoms with Crippen molar-refractivity contribution in [1.29, 1.82) is 0 Å². The van der Waals surface area contributed by atoms with Crippen molar-refractivity contribution in [2.45, 2.75) is 26.2 Å². The fourth-order valence-corrected chi connectivity index (χ4v) is 3.09. The van der Waals surface area contributed by atoms with Gasteiger partial charge in [0.15, 0.2) is 6.61 Å². The van der Waals surface area contributed by atoms with Gasteiger partial charge in [0, 0.05) is 16.9 Å². The molecule has 0 bridgehead atoms. The van der Waals surface area contributed by atoms with Crippen LogP contribution < -0.4 is 15.4 Å². The van der Waals surface area contributed by atoms with Crippen LogP contribution in [0.4, 0.5) is 15.8 Å². The number of benzene rings is 3. The lowest BCUT2D eigenvalue weighted by Gasteiger charge is -2.19. The number of amides is 2. The molecule has 0 atom stereocenters. The van der Waals surface area contributed by atoms with Crippen molar-refractivity contribution >= 4 is 34.8 Å². The average Bonchev–Trinajstić information content (AvgIpc) is 2.75. The van der Waals surface area contributed by atoms with Gasteiger partial charge in [-0.25, -0.2) is 4.39 Å². The second-order valence-electron chi connectivity index (χ2n) is 8.28. The molecule has 0 spiro atoms. The molecule has 3 rings (SSSR count). The highest BCUT2D eigenvalue weighted by Crippen LogP contribution is 2.24. The predicted molar refractivity (Wildman–Crippen MR) is 125 cm³/mol. The molecule has 2 amide bonds. The minimum atomic E-state index is -0.568. The first-order chi connectivity index (χ1) is 15.1. The van der Waals surface area contributed by atoms with E-state index in [1.807, 2.05) is 24.3 Å². The molecule has 0 aliphatic carbocycles. The van der Waals surface area contributed by atoms with Gasteiger partial charge in [0.2, 0.25) is 0 Å². The first kappa shape index (κ1) is 23.3. The monoisotopic (exact) mass is 454 g/mol. The molecule has 166 valence electrons. The fraction of sp³-hybridized carbons (Fsp3) is 0.200. The summed E-state index contributed by atoms with van der Waals surface area (Å²) in [6, 6.07) is 18.0. The second-order valence-corrected chi connectivity index (χ2v) is 8.68. The molecule has 0 saturated heterocycles. The Balaban J connectivity index is 1.57. The van der Waals surface area contributed by atoms with Crippen molar-refractivity contribution in [1.82, 2.24) is 0 Å². The normalized spacial score (nSPS) is 11.0. The van der Waals surface area contributed by atoms with E-state index in [0.29, 0.717) is 22.7 Å². The van der Waals surface area contributed by atoms with Gasteiger partial charge in [0.1, 0.15) is 11.6 Å². The summed E-state index contributed by atoms with van der Waals surface area (Å²) in [5.41, 5.74) is 2.35. The number of carbonyl (C=O) groups excluding carboxylic acids is 2. The van der Waals surface area contributed by atoms with Crippen molar-refractivity contribution in [3.05, 3.63) is 88.7 Å². The van der Waals surface area contributed by atoms with Crippen LogP contribution in [0.1, 0.15) is 36.7 Å². The van der Waals surface area contributed by atoms with Crippen LogP contribution in [-0.4, -0.2) is 18.4 Å². The minimum absolute atomic E-state index is 0.0379. The highest BCUT2D eigenvalue weighted by molar-refractivity contribution is 6.31. The maximum Gasteiger partial charge on any atom is 0.262 e. The number of halogens is 2. The van der Waals surface area contributed by atoms with Crippen LogP contribution in [0.3, 0.4) is 0 Å². The van der Waals surface area contributed by atoms with E-state index in [4.69, 9.17) is 16.3 Å². The van der Waals surface area contributed by atoms with E-state index < -0.39 is 11.7 Å². The summed E-state index contributed by atoms with van der Waals surface area (Å²) in [7, 11) is 0. The molecule has 0 aromatic heterocycles. The van der Waals surface area contributed by atoms with Crippen LogP contribution in [0.25, 0.3) is 0 Å². The van der Waals surface area contributed by atoms with Gasteiger partial charge in [-0.3, -0.25) is 9.59 Å². The van der Waals surface area contributed by atoms with Crippen LogP contribution >= 0.6 is 11.6 Å². The lowest BCUT2D eigenvalue weighted by Crippen LogP contribution is -2.20. The van der Waals surface area contributed by atoms with Gasteiger partial charge < -0.3 is 15.4 Å². The Morgan fingerprint density at radius 3 is 2.28 bits per heavy atom. The standard InChI is InChI=1S/C25H24ClFN2O3/c1-25(2,3)17-7-10-20(11-8-17)32-15-23(30)28-18-6-4-5-16(13-18)24(31)29-19-9-12-22(27)21(26)14-19/h4-14H,15H2,1-3H3,(H,28,30)(H,29,31). The van der Waals surface area contributed by atoms with Crippen LogP contribution in [0.15, 0.2) is 66.7 Å². The largest absolute Gasteiger partial charge is 0.484 e. The van der Waals surface area contributed by atoms with E-state index in [9.17, 15) is 14.0 Å². The van der Waals surface area contributed by atoms with E-state index in [1.165, 1.54) is 29.8 Å². The molecular weight excluding hydrogens is 431 g/mol. The summed E-state index contributed by atoms with van der Waals surface area (Å²) in [5.74, 6) is -0.743. The molecule has 0 heterocycles. The lowest BCUT2D eigenvalue weighted by atomic mass is 9.87. The third-order valence-corrected chi connectivity index (χ3v) is 4.97. The molecule has 2 N–H and O–H groups in total. The van der Waals surface area contributed by atoms with Gasteiger partial charge in [-0.1, -0.05) is 50.6 Å². The summed E-state index contributed by atoms with van der Waals surface area (Å²) in [6.45, 7) is 6.21. The van der Waals surface area contributed by atoms with Gasteiger partial charge >= 0.3 is 0 Å². The van der Waals surface area contributed by atoms with Crippen LogP contribution in [0, 0.1) is 5.82 Å². The Bertz CT molecular complexity index is 1120. The number of hydrogen-bond acceptors (Lipinski definition) is 3. The second kappa shape index (κ2) is 9.83. The first-order valence-electron chi connectivity index (χ1n) is 10.0. The predicted octanol–water partition coefficient (Wildman–Crippen LogP) is 6.05. The van der Waals surface area contributed by atoms with E-state index in [1.54, 1.807) is 18.2 Å². The summed E-state index contributed by atoms with van der Waals surface area (Å²) in [4.78, 5) is 24.7. The molecule has 5 nitrogen and oxygen atoms in total. The quantitative estimate of drug-likeness (QED) is 0.476. The summed E-state index contributed by atoms with van der Waals surface area (Å²) < 4.78 is 18.8. The molecule has 32 heavy (non-hydrogen) atoms. The summed E-state index contributed by atoms with van der Waals surface area (Å²) in [5, 5.41) is 5.26. The number of anilines is 2. The van der Waals surface area contributed by atoms with Crippen molar-refractivity contribution in [2.75, 3.05) is 17.2 Å². The summed E-state index contributed by atoms with van der Waals surface area (Å²) in [6.07, 6.45) is 0. The Kier molecular flexibility index (Phi) is 7.15. The smallest absolute Gasteiger partial charge is 0.262 e. The Labute approximate surface area is 191 Å². The zero-order valence-electron chi connectivity index (χ0n) is 18.0. The molecule has 0 aliphatic heterocycles. The van der Waals surface area contributed by atoms with Gasteiger partial charge in [-0.15, -0.1) is 0 Å². The van der Waals surface area contributed by atoms with Crippen molar-refractivity contribution in [3.63, 3.8) is 0 Å². The molecule has 0 aliphatic rings. The van der Waals surface area contributed by atoms with Crippen molar-refractivity contribution in [3.8, 4) is 5.75 Å². The maximum atomic E-state index is 13.3. The topological polar surface area (TPSA) is 67.4 Å². The molecular formula is C25H24ClFN2O3. The maximum absolute atomic E-state index is 13.3. The van der Waals surface area contributed by atoms with E-state index in [0.717, 1.165) is 0 Å². The SMILES string of the molecule is CC(C)(C)c1ccc(OCC(=O)Nc2cccc(C(=O)Nc3ccc(F)c(Cl)c3)c2)cc1. The minimum Gasteiger partial charge on any atom is -0.484 e. The number of carbonyl (C=O) groups is 2. The number of rotatable bonds is 6. The highest BCUT2D eigenvalue weighted by Gasteiger charge is 2.14. The van der Waals surface area contributed by atoms with Crippen molar-refractivity contribution < 1.29 is 18.7 Å². The Hall–Kier alpha value is -3.38. The van der Waals surface area contributed by atoms with E-state index in [-0.39, 0.29) is 23.0 Å². The van der Waals surface area contributed by atoms with Gasteiger partial charge in [0.25, 0.3) is 11.8 Å². The molecule has 0 radical (unpaired) electrons. The van der Waals surface area contributed by atoms with E-state index in [2.05, 4.69) is 31.4 Å². The molecule has 0 saturated carbocycles. The third kappa shape index (κ3) is 6.31. The van der Waals surface area contributed by atoms with Crippen LogP contribution in [0.2, 0.25) is 5.02 Å². The van der Waals surface area contributed by atoms with Crippen LogP contribution in [0.5, 0.6) is 5.75 Å². The third-order valence-electron chi connectivity index (χ3n) is 4.68. The zero-order valence-corrected chi connectivity index (χ0v) is 18.8. The number of hydrogen-bond donors (Lipinski definition) is 2.